The van der Waals surface area contributed by atoms with Gasteiger partial charge in [-0.25, -0.2) is 0 Å². The van der Waals surface area contributed by atoms with Gasteiger partial charge >= 0.3 is 0 Å². The minimum absolute atomic E-state index is 0.0508. The van der Waals surface area contributed by atoms with Crippen molar-refractivity contribution >= 4 is 10.9 Å². The largest absolute Gasteiger partial charge is 0.508 e. The molecule has 1 heterocycles. The average molecular weight is 205 g/mol. The maximum atomic E-state index is 9.43. The van der Waals surface area contributed by atoms with Crippen LogP contribution in [0, 0.1) is 6.92 Å². The van der Waals surface area contributed by atoms with Crippen LogP contribution in [0.2, 0.25) is 0 Å². The number of benzene rings is 1. The molecular formula is C11H15N3O. The third-order valence-corrected chi connectivity index (χ3v) is 2.38. The van der Waals surface area contributed by atoms with Crippen molar-refractivity contribution in [2.75, 3.05) is 0 Å². The van der Waals surface area contributed by atoms with E-state index in [-0.39, 0.29) is 11.8 Å². The highest BCUT2D eigenvalue weighted by Crippen LogP contribution is 2.22. The van der Waals surface area contributed by atoms with Gasteiger partial charge < -0.3 is 10.8 Å². The Morgan fingerprint density at radius 2 is 2.27 bits per heavy atom. The fraction of sp³-hybridized carbons (Fsp3) is 0.364. The highest BCUT2D eigenvalue weighted by Gasteiger charge is 2.08. The van der Waals surface area contributed by atoms with E-state index >= 15 is 0 Å². The van der Waals surface area contributed by atoms with Crippen molar-refractivity contribution in [2.45, 2.75) is 26.4 Å². The number of hydrogen-bond donors (Lipinski definition) is 2. The Bertz CT molecular complexity index is 488. The number of aryl methyl sites for hydroxylation is 1. The smallest absolute Gasteiger partial charge is 0.117 e. The van der Waals surface area contributed by atoms with Crippen LogP contribution in [0.4, 0.5) is 0 Å². The summed E-state index contributed by atoms with van der Waals surface area (Å²) in [4.78, 5) is 0. The lowest BCUT2D eigenvalue weighted by molar-refractivity contribution is 0.475. The lowest BCUT2D eigenvalue weighted by atomic mass is 10.2. The summed E-state index contributed by atoms with van der Waals surface area (Å²) in [5.74, 6) is 0.258. The molecule has 4 heteroatoms. The SMILES string of the molecule is Cc1nn(C[C@H](C)N)c2cc(O)ccc12. The van der Waals surface area contributed by atoms with E-state index in [1.54, 1.807) is 12.1 Å². The second-order valence-corrected chi connectivity index (χ2v) is 3.95. The number of hydrogen-bond acceptors (Lipinski definition) is 3. The standard InChI is InChI=1S/C11H15N3O/c1-7(12)6-14-11-5-9(15)3-4-10(11)8(2)13-14/h3-5,7,15H,6,12H2,1-2H3/t7-/m0/s1. The predicted molar refractivity (Wildman–Crippen MR) is 59.8 cm³/mol. The number of rotatable bonds is 2. The van der Waals surface area contributed by atoms with Crippen molar-refractivity contribution in [1.29, 1.82) is 0 Å². The first-order chi connectivity index (χ1) is 7.08. The average Bonchev–Trinajstić information content (AvgIpc) is 2.42. The Hall–Kier alpha value is -1.55. The zero-order valence-electron chi connectivity index (χ0n) is 8.94. The summed E-state index contributed by atoms with van der Waals surface area (Å²) in [6.45, 7) is 4.55. The summed E-state index contributed by atoms with van der Waals surface area (Å²) in [7, 11) is 0. The molecule has 0 bridgehead atoms. The van der Waals surface area contributed by atoms with Crippen LogP contribution in [0.15, 0.2) is 18.2 Å². The molecule has 0 aliphatic heterocycles. The number of phenols is 1. The van der Waals surface area contributed by atoms with Crippen LogP contribution >= 0.6 is 0 Å². The first kappa shape index (κ1) is 9.98. The Morgan fingerprint density at radius 1 is 1.53 bits per heavy atom. The van der Waals surface area contributed by atoms with E-state index in [1.165, 1.54) is 0 Å². The molecule has 2 rings (SSSR count). The van der Waals surface area contributed by atoms with E-state index in [0.29, 0.717) is 6.54 Å². The van der Waals surface area contributed by atoms with Crippen molar-refractivity contribution in [3.63, 3.8) is 0 Å². The molecule has 1 aromatic heterocycles. The van der Waals surface area contributed by atoms with Gasteiger partial charge in [-0.15, -0.1) is 0 Å². The van der Waals surface area contributed by atoms with Crippen LogP contribution in [0.3, 0.4) is 0 Å². The Labute approximate surface area is 88.3 Å². The van der Waals surface area contributed by atoms with Gasteiger partial charge in [0.15, 0.2) is 0 Å². The molecule has 0 spiro atoms. The molecule has 15 heavy (non-hydrogen) atoms. The molecule has 0 aliphatic carbocycles. The van der Waals surface area contributed by atoms with E-state index in [9.17, 15) is 5.11 Å². The minimum Gasteiger partial charge on any atom is -0.508 e. The quantitative estimate of drug-likeness (QED) is 0.778. The van der Waals surface area contributed by atoms with Crippen LogP contribution in [-0.2, 0) is 6.54 Å². The molecule has 0 unspecified atom stereocenters. The number of fused-ring (bicyclic) bond motifs is 1. The maximum Gasteiger partial charge on any atom is 0.117 e. The van der Waals surface area contributed by atoms with Gasteiger partial charge in [-0.1, -0.05) is 0 Å². The lowest BCUT2D eigenvalue weighted by Crippen LogP contribution is -2.22. The van der Waals surface area contributed by atoms with Gasteiger partial charge in [-0.05, 0) is 26.0 Å². The molecule has 80 valence electrons. The molecule has 0 amide bonds. The summed E-state index contributed by atoms with van der Waals surface area (Å²) in [5, 5.41) is 14.9. The van der Waals surface area contributed by atoms with Gasteiger partial charge in [0.1, 0.15) is 5.75 Å². The van der Waals surface area contributed by atoms with Gasteiger partial charge in [0.2, 0.25) is 0 Å². The van der Waals surface area contributed by atoms with E-state index in [4.69, 9.17) is 5.73 Å². The first-order valence-electron chi connectivity index (χ1n) is 4.99. The van der Waals surface area contributed by atoms with Crippen LogP contribution in [0.25, 0.3) is 10.9 Å². The monoisotopic (exact) mass is 205 g/mol. The van der Waals surface area contributed by atoms with Crippen LogP contribution in [0.1, 0.15) is 12.6 Å². The van der Waals surface area contributed by atoms with Gasteiger partial charge in [0, 0.05) is 17.5 Å². The second kappa shape index (κ2) is 3.55. The summed E-state index contributed by atoms with van der Waals surface area (Å²) >= 11 is 0. The topological polar surface area (TPSA) is 64.1 Å². The Morgan fingerprint density at radius 3 is 2.93 bits per heavy atom. The fourth-order valence-electron chi connectivity index (χ4n) is 1.74. The molecule has 0 fully saturated rings. The van der Waals surface area contributed by atoms with E-state index in [1.807, 2.05) is 24.6 Å². The van der Waals surface area contributed by atoms with Crippen LogP contribution in [-0.4, -0.2) is 20.9 Å². The van der Waals surface area contributed by atoms with E-state index in [0.717, 1.165) is 16.6 Å². The van der Waals surface area contributed by atoms with Gasteiger partial charge in [0.05, 0.1) is 17.8 Å². The molecule has 1 aromatic carbocycles. The number of phenolic OH excluding ortho intramolecular Hbond substituents is 1. The predicted octanol–water partition coefficient (Wildman–Crippen LogP) is 1.40. The molecule has 0 aliphatic rings. The van der Waals surface area contributed by atoms with Crippen molar-refractivity contribution < 1.29 is 5.11 Å². The van der Waals surface area contributed by atoms with Crippen LogP contribution in [0.5, 0.6) is 5.75 Å². The van der Waals surface area contributed by atoms with Crippen molar-refractivity contribution in [3.05, 3.63) is 23.9 Å². The van der Waals surface area contributed by atoms with Crippen molar-refractivity contribution in [3.8, 4) is 5.75 Å². The zero-order chi connectivity index (χ0) is 11.0. The normalized spacial score (nSPS) is 13.3. The summed E-state index contributed by atoms with van der Waals surface area (Å²) < 4.78 is 1.84. The molecule has 0 radical (unpaired) electrons. The van der Waals surface area contributed by atoms with Crippen LogP contribution < -0.4 is 5.73 Å². The number of nitrogens with two attached hydrogens (primary N) is 1. The fourth-order valence-corrected chi connectivity index (χ4v) is 1.74. The minimum atomic E-state index is 0.0508. The van der Waals surface area contributed by atoms with Crippen molar-refractivity contribution in [2.24, 2.45) is 5.73 Å². The van der Waals surface area contributed by atoms with Gasteiger partial charge in [0.25, 0.3) is 0 Å². The van der Waals surface area contributed by atoms with E-state index in [2.05, 4.69) is 5.10 Å². The molecule has 3 N–H and O–H groups in total. The summed E-state index contributed by atoms with van der Waals surface area (Å²) in [5.41, 5.74) is 7.64. The summed E-state index contributed by atoms with van der Waals surface area (Å²) in [6, 6.07) is 5.32. The molecule has 0 saturated heterocycles. The number of nitrogens with zero attached hydrogens (tertiary/aromatic N) is 2. The second-order valence-electron chi connectivity index (χ2n) is 3.95. The zero-order valence-corrected chi connectivity index (χ0v) is 8.94. The molecule has 4 nitrogen and oxygen atoms in total. The molecule has 0 saturated carbocycles. The Balaban J connectivity index is 2.59. The molecular weight excluding hydrogens is 190 g/mol. The maximum absolute atomic E-state index is 9.43. The first-order valence-corrected chi connectivity index (χ1v) is 4.99. The van der Waals surface area contributed by atoms with Gasteiger partial charge in [-0.3, -0.25) is 4.68 Å². The number of aromatic nitrogens is 2. The lowest BCUT2D eigenvalue weighted by Gasteiger charge is -2.06. The third kappa shape index (κ3) is 1.80. The molecule has 1 atom stereocenters. The number of aromatic hydroxyl groups is 1. The summed E-state index contributed by atoms with van der Waals surface area (Å²) in [6.07, 6.45) is 0. The molecule has 2 aromatic rings. The third-order valence-electron chi connectivity index (χ3n) is 2.38. The highest BCUT2D eigenvalue weighted by atomic mass is 16.3. The highest BCUT2D eigenvalue weighted by molar-refractivity contribution is 5.83. The van der Waals surface area contributed by atoms with Gasteiger partial charge in [-0.2, -0.15) is 5.10 Å². The van der Waals surface area contributed by atoms with E-state index < -0.39 is 0 Å². The Kier molecular flexibility index (Phi) is 2.36. The van der Waals surface area contributed by atoms with Crippen molar-refractivity contribution in [1.82, 2.24) is 9.78 Å².